The number of hydrogen-bond acceptors (Lipinski definition) is 4. The average molecular weight is 394 g/mol. The predicted octanol–water partition coefficient (Wildman–Crippen LogP) is 1.26. The lowest BCUT2D eigenvalue weighted by molar-refractivity contribution is -0.144. The van der Waals surface area contributed by atoms with E-state index in [1.54, 1.807) is 0 Å². The Balaban J connectivity index is 1.51. The molecule has 2 aliphatic heterocycles. The van der Waals surface area contributed by atoms with Crippen molar-refractivity contribution in [3.8, 4) is 0 Å². The van der Waals surface area contributed by atoms with Crippen LogP contribution in [0.5, 0.6) is 0 Å². The molecule has 1 N–H and O–H groups in total. The normalized spacial score (nSPS) is 21.6. The molecule has 6 nitrogen and oxygen atoms in total. The predicted molar refractivity (Wildman–Crippen MR) is 105 cm³/mol. The van der Waals surface area contributed by atoms with Crippen molar-refractivity contribution < 1.29 is 14.7 Å². The number of rotatable bonds is 6. The first-order valence-electron chi connectivity index (χ1n) is 9.71. The lowest BCUT2D eigenvalue weighted by Crippen LogP contribution is -2.53. The molecule has 0 bridgehead atoms. The fourth-order valence-corrected chi connectivity index (χ4v) is 3.97. The van der Waals surface area contributed by atoms with Crippen molar-refractivity contribution in [2.75, 3.05) is 52.4 Å². The number of likely N-dealkylation sites (tertiary alicyclic amines) is 1. The van der Waals surface area contributed by atoms with E-state index in [1.165, 1.54) is 0 Å². The molecule has 148 valence electrons. The number of aliphatic hydroxyl groups is 1. The van der Waals surface area contributed by atoms with Gasteiger partial charge < -0.3 is 14.9 Å². The maximum atomic E-state index is 12.9. The third-order valence-electron chi connectivity index (χ3n) is 5.53. The standard InChI is InChI=1S/C20H28ClN3O3/c21-18-4-1-16(2-5-18)7-8-24-15-17(3-6-19(24)26)20(27)23-11-9-22(10-12-23)13-14-25/h1-2,4-5,17,25H,3,6-15H2. The summed E-state index contributed by atoms with van der Waals surface area (Å²) in [4.78, 5) is 31.1. The molecular formula is C20H28ClN3O3. The van der Waals surface area contributed by atoms with Crippen LogP contribution in [0.1, 0.15) is 18.4 Å². The molecule has 1 aromatic carbocycles. The second-order valence-electron chi connectivity index (χ2n) is 7.34. The van der Waals surface area contributed by atoms with Crippen molar-refractivity contribution in [2.24, 2.45) is 5.92 Å². The van der Waals surface area contributed by atoms with E-state index in [9.17, 15) is 9.59 Å². The quantitative estimate of drug-likeness (QED) is 0.790. The van der Waals surface area contributed by atoms with E-state index >= 15 is 0 Å². The van der Waals surface area contributed by atoms with Gasteiger partial charge in [0.25, 0.3) is 0 Å². The van der Waals surface area contributed by atoms with Gasteiger partial charge in [0.15, 0.2) is 0 Å². The fourth-order valence-electron chi connectivity index (χ4n) is 3.84. The summed E-state index contributed by atoms with van der Waals surface area (Å²) in [5.74, 6) is 0.209. The summed E-state index contributed by atoms with van der Waals surface area (Å²) in [6, 6.07) is 7.67. The Morgan fingerprint density at radius 3 is 2.48 bits per heavy atom. The number of hydrogen-bond donors (Lipinski definition) is 1. The van der Waals surface area contributed by atoms with E-state index in [2.05, 4.69) is 4.90 Å². The molecule has 0 saturated carbocycles. The number of aliphatic hydroxyl groups excluding tert-OH is 1. The van der Waals surface area contributed by atoms with Crippen LogP contribution in [-0.4, -0.2) is 84.0 Å². The molecular weight excluding hydrogens is 366 g/mol. The highest BCUT2D eigenvalue weighted by atomic mass is 35.5. The molecule has 7 heteroatoms. The summed E-state index contributed by atoms with van der Waals surface area (Å²) >= 11 is 5.92. The number of amides is 2. The molecule has 2 aliphatic rings. The summed E-state index contributed by atoms with van der Waals surface area (Å²) in [5, 5.41) is 9.74. The monoisotopic (exact) mass is 393 g/mol. The van der Waals surface area contributed by atoms with Crippen LogP contribution in [0.2, 0.25) is 5.02 Å². The van der Waals surface area contributed by atoms with Gasteiger partial charge in [-0.3, -0.25) is 14.5 Å². The number of benzene rings is 1. The fraction of sp³-hybridized carbons (Fsp3) is 0.600. The number of nitrogens with zero attached hydrogens (tertiary/aromatic N) is 3. The van der Waals surface area contributed by atoms with Crippen LogP contribution in [0.15, 0.2) is 24.3 Å². The first-order chi connectivity index (χ1) is 13.1. The molecule has 0 spiro atoms. The Morgan fingerprint density at radius 2 is 1.81 bits per heavy atom. The minimum absolute atomic E-state index is 0.0997. The van der Waals surface area contributed by atoms with Gasteiger partial charge in [-0.2, -0.15) is 0 Å². The van der Waals surface area contributed by atoms with Crippen LogP contribution in [0.4, 0.5) is 0 Å². The van der Waals surface area contributed by atoms with Gasteiger partial charge in [0.1, 0.15) is 0 Å². The number of carbonyl (C=O) groups is 2. The zero-order valence-corrected chi connectivity index (χ0v) is 16.4. The zero-order chi connectivity index (χ0) is 19.2. The van der Waals surface area contributed by atoms with E-state index in [4.69, 9.17) is 16.7 Å². The highest BCUT2D eigenvalue weighted by Crippen LogP contribution is 2.21. The second kappa shape index (κ2) is 9.53. The Morgan fingerprint density at radius 1 is 1.11 bits per heavy atom. The molecule has 0 radical (unpaired) electrons. The van der Waals surface area contributed by atoms with Gasteiger partial charge in [0, 0.05) is 57.3 Å². The van der Waals surface area contributed by atoms with Gasteiger partial charge in [0.2, 0.25) is 11.8 Å². The number of piperazine rings is 1. The summed E-state index contributed by atoms with van der Waals surface area (Å²) in [5.41, 5.74) is 1.14. The number of halogens is 1. The number of β-amino-alcohol motifs (C(OH)–C–C–N with tert-alkyl or cyclic N) is 1. The SMILES string of the molecule is O=C1CCC(C(=O)N2CCN(CCO)CC2)CN1CCc1ccc(Cl)cc1. The van der Waals surface area contributed by atoms with Gasteiger partial charge >= 0.3 is 0 Å². The van der Waals surface area contributed by atoms with Gasteiger partial charge in [-0.05, 0) is 30.5 Å². The molecule has 0 aliphatic carbocycles. The summed E-state index contributed by atoms with van der Waals surface area (Å²) in [6.45, 7) is 4.98. The molecule has 0 aromatic heterocycles. The molecule has 1 atom stereocenters. The van der Waals surface area contributed by atoms with Crippen molar-refractivity contribution in [2.45, 2.75) is 19.3 Å². The van der Waals surface area contributed by atoms with E-state index in [0.717, 1.165) is 25.1 Å². The zero-order valence-electron chi connectivity index (χ0n) is 15.6. The summed E-state index contributed by atoms with van der Waals surface area (Å²) in [7, 11) is 0. The maximum Gasteiger partial charge on any atom is 0.227 e. The third kappa shape index (κ3) is 5.43. The van der Waals surface area contributed by atoms with Gasteiger partial charge in [-0.1, -0.05) is 23.7 Å². The van der Waals surface area contributed by atoms with E-state index in [1.807, 2.05) is 34.1 Å². The van der Waals surface area contributed by atoms with Crippen molar-refractivity contribution >= 4 is 23.4 Å². The minimum atomic E-state index is -0.0997. The average Bonchev–Trinajstić information content (AvgIpc) is 2.69. The third-order valence-corrected chi connectivity index (χ3v) is 5.79. The highest BCUT2D eigenvalue weighted by molar-refractivity contribution is 6.30. The number of piperidine rings is 1. The van der Waals surface area contributed by atoms with Crippen LogP contribution in [-0.2, 0) is 16.0 Å². The first-order valence-corrected chi connectivity index (χ1v) is 10.1. The second-order valence-corrected chi connectivity index (χ2v) is 7.78. The van der Waals surface area contributed by atoms with Crippen LogP contribution >= 0.6 is 11.6 Å². The Bertz CT molecular complexity index is 644. The van der Waals surface area contributed by atoms with Crippen molar-refractivity contribution in [3.05, 3.63) is 34.9 Å². The van der Waals surface area contributed by atoms with Crippen molar-refractivity contribution in [1.29, 1.82) is 0 Å². The molecule has 1 aromatic rings. The molecule has 27 heavy (non-hydrogen) atoms. The van der Waals surface area contributed by atoms with E-state index in [-0.39, 0.29) is 24.3 Å². The molecule has 2 heterocycles. The van der Waals surface area contributed by atoms with Gasteiger partial charge in [0.05, 0.1) is 12.5 Å². The maximum absolute atomic E-state index is 12.9. The van der Waals surface area contributed by atoms with Crippen LogP contribution in [0.3, 0.4) is 0 Å². The van der Waals surface area contributed by atoms with Gasteiger partial charge in [-0.15, -0.1) is 0 Å². The van der Waals surface area contributed by atoms with Gasteiger partial charge in [-0.25, -0.2) is 0 Å². The van der Waals surface area contributed by atoms with Crippen molar-refractivity contribution in [1.82, 2.24) is 14.7 Å². The smallest absolute Gasteiger partial charge is 0.227 e. The Labute approximate surface area is 165 Å². The topological polar surface area (TPSA) is 64.1 Å². The molecule has 2 fully saturated rings. The largest absolute Gasteiger partial charge is 0.395 e. The molecule has 2 amide bonds. The lowest BCUT2D eigenvalue weighted by atomic mass is 9.95. The molecule has 3 rings (SSSR count). The molecule has 2 saturated heterocycles. The number of carbonyl (C=O) groups excluding carboxylic acids is 2. The van der Waals surface area contributed by atoms with E-state index in [0.29, 0.717) is 50.6 Å². The lowest BCUT2D eigenvalue weighted by Gasteiger charge is -2.38. The minimum Gasteiger partial charge on any atom is -0.395 e. The highest BCUT2D eigenvalue weighted by Gasteiger charge is 2.33. The Hall–Kier alpha value is -1.63. The van der Waals surface area contributed by atoms with Crippen LogP contribution < -0.4 is 0 Å². The summed E-state index contributed by atoms with van der Waals surface area (Å²) in [6.07, 6.45) is 1.86. The van der Waals surface area contributed by atoms with Crippen LogP contribution in [0, 0.1) is 5.92 Å². The van der Waals surface area contributed by atoms with Crippen molar-refractivity contribution in [3.63, 3.8) is 0 Å². The van der Waals surface area contributed by atoms with E-state index < -0.39 is 0 Å². The Kier molecular flexibility index (Phi) is 7.10. The summed E-state index contributed by atoms with van der Waals surface area (Å²) < 4.78 is 0. The first kappa shape index (κ1) is 20.1. The molecule has 1 unspecified atom stereocenters. The van der Waals surface area contributed by atoms with Crippen LogP contribution in [0.25, 0.3) is 0 Å².